The fourth-order valence-electron chi connectivity index (χ4n) is 7.64. The monoisotopic (exact) mass is 1210 g/mol. The Morgan fingerprint density at radius 2 is 0.805 bits per heavy atom. The minimum atomic E-state index is -6.10. The van der Waals surface area contributed by atoms with Gasteiger partial charge in [-0.05, 0) is 51.4 Å². The van der Waals surface area contributed by atoms with E-state index in [1.165, 1.54) is 77.0 Å². The van der Waals surface area contributed by atoms with E-state index in [0.29, 0.717) is 25.7 Å². The molecule has 11 atom stereocenters. The summed E-state index contributed by atoms with van der Waals surface area (Å²) >= 11 is 0. The molecule has 0 spiro atoms. The Kier molecular flexibility index (Phi) is 56.1. The molecule has 426 valence electrons. The van der Waals surface area contributed by atoms with Gasteiger partial charge in [0.25, 0.3) is 31.3 Å². The second-order valence-corrected chi connectivity index (χ2v) is 22.7. The molecule has 1 aliphatic carbocycles. The van der Waals surface area contributed by atoms with E-state index in [9.17, 15) is 72.3 Å². The van der Waals surface area contributed by atoms with Crippen molar-refractivity contribution in [1.82, 2.24) is 0 Å². The zero-order valence-electron chi connectivity index (χ0n) is 46.4. The van der Waals surface area contributed by atoms with Crippen LogP contribution in [0.4, 0.5) is 0 Å². The van der Waals surface area contributed by atoms with Crippen molar-refractivity contribution in [3.8, 4) is 0 Å². The summed E-state index contributed by atoms with van der Waals surface area (Å²) in [5, 5.41) is 21.7. The molecule has 0 amide bonds. The molecular formula is C47H82Na4O22P4. The number of unbranched alkanes of at least 4 members (excludes halogenated alkanes) is 18. The number of ether oxygens (including phenoxy) is 2. The first-order valence-corrected chi connectivity index (χ1v) is 31.5. The van der Waals surface area contributed by atoms with E-state index in [2.05, 4.69) is 51.7 Å². The molecule has 1 saturated carbocycles. The molecule has 0 aromatic rings. The summed E-state index contributed by atoms with van der Waals surface area (Å²) in [4.78, 5) is 101. The minimum Gasteiger partial charge on any atom is -0.756 e. The fourth-order valence-corrected chi connectivity index (χ4v) is 10.3. The van der Waals surface area contributed by atoms with Crippen molar-refractivity contribution in [3.05, 3.63) is 48.6 Å². The Labute approximate surface area is 545 Å². The molecule has 1 rings (SSSR count). The Balaban J connectivity index is -0.00000666. The van der Waals surface area contributed by atoms with Crippen molar-refractivity contribution in [2.24, 2.45) is 0 Å². The predicted molar refractivity (Wildman–Crippen MR) is 263 cm³/mol. The van der Waals surface area contributed by atoms with Crippen molar-refractivity contribution in [2.75, 3.05) is 13.2 Å². The van der Waals surface area contributed by atoms with Crippen molar-refractivity contribution in [1.29, 1.82) is 0 Å². The molecule has 6 unspecified atom stereocenters. The number of hydrogen-bond donors (Lipinski definition) is 5. The summed E-state index contributed by atoms with van der Waals surface area (Å²) in [6.07, 6.45) is 21.9. The van der Waals surface area contributed by atoms with Crippen LogP contribution in [-0.4, -0.2) is 92.8 Å². The van der Waals surface area contributed by atoms with Crippen LogP contribution in [0.1, 0.15) is 181 Å². The maximum absolute atomic E-state index is 13.1. The molecule has 0 aliphatic heterocycles. The van der Waals surface area contributed by atoms with Crippen molar-refractivity contribution in [3.63, 3.8) is 0 Å². The Morgan fingerprint density at radius 1 is 0.455 bits per heavy atom. The summed E-state index contributed by atoms with van der Waals surface area (Å²) < 4.78 is 80.6. The summed E-state index contributed by atoms with van der Waals surface area (Å²) in [7, 11) is -24.2. The first-order valence-electron chi connectivity index (χ1n) is 25.6. The number of hydrogen-bond acceptors (Lipinski definition) is 19. The van der Waals surface area contributed by atoms with Crippen LogP contribution in [0.15, 0.2) is 48.6 Å². The van der Waals surface area contributed by atoms with Gasteiger partial charge in [-0.1, -0.05) is 165 Å². The SMILES string of the molecule is CCCCC/C=C\C/C=C\C/C=C\C/C=C\CCCC(=O)O[C@H](COC(=O)CCCCCCCCCCCCCCCCC)COP(=O)([O-])OC1[C@H](O)[C@H](OP(=O)([O-])O)C(OP(=O)([O-])O)[C@H](OP(=O)([O-])O)[C@H]1O.[Na+].[Na+].[Na+].[Na+]. The van der Waals surface area contributed by atoms with Gasteiger partial charge in [0.05, 0.1) is 6.61 Å². The van der Waals surface area contributed by atoms with Crippen molar-refractivity contribution in [2.45, 2.75) is 224 Å². The van der Waals surface area contributed by atoms with Crippen LogP contribution < -0.4 is 138 Å². The van der Waals surface area contributed by atoms with Crippen LogP contribution in [0.2, 0.25) is 0 Å². The molecule has 5 N–H and O–H groups in total. The molecule has 0 aromatic carbocycles. The van der Waals surface area contributed by atoms with Gasteiger partial charge in [0.15, 0.2) is 6.10 Å². The number of esters is 2. The number of aliphatic hydroxyl groups excluding tert-OH is 2. The second-order valence-electron chi connectivity index (χ2n) is 17.9. The molecule has 22 nitrogen and oxygen atoms in total. The molecule has 0 aromatic heterocycles. The average molecular weight is 1220 g/mol. The average Bonchev–Trinajstić information content (AvgIpc) is 3.30. The molecule has 1 fully saturated rings. The van der Waals surface area contributed by atoms with Gasteiger partial charge < -0.3 is 76.6 Å². The van der Waals surface area contributed by atoms with Gasteiger partial charge in [0.2, 0.25) is 0 Å². The van der Waals surface area contributed by atoms with Gasteiger partial charge >= 0.3 is 130 Å². The van der Waals surface area contributed by atoms with E-state index in [4.69, 9.17) is 18.5 Å². The molecule has 0 heterocycles. The summed E-state index contributed by atoms with van der Waals surface area (Å²) in [5.74, 6) is -1.53. The largest absolute Gasteiger partial charge is 1.00 e. The van der Waals surface area contributed by atoms with Crippen LogP contribution in [0.25, 0.3) is 0 Å². The Morgan fingerprint density at radius 3 is 1.22 bits per heavy atom. The molecule has 30 heteroatoms. The molecule has 0 radical (unpaired) electrons. The molecule has 0 bridgehead atoms. The number of rotatable bonds is 44. The Hall–Kier alpha value is 2.26. The van der Waals surface area contributed by atoms with Crippen LogP contribution in [0.5, 0.6) is 0 Å². The maximum atomic E-state index is 13.1. The zero-order valence-corrected chi connectivity index (χ0v) is 58.0. The van der Waals surface area contributed by atoms with Gasteiger partial charge in [-0.25, -0.2) is 0 Å². The van der Waals surface area contributed by atoms with Gasteiger partial charge in [-0.3, -0.25) is 27.8 Å². The quantitative estimate of drug-likeness (QED) is 0.0125. The smallest absolute Gasteiger partial charge is 0.756 e. The van der Waals surface area contributed by atoms with Gasteiger partial charge in [-0.15, -0.1) is 0 Å². The van der Waals surface area contributed by atoms with E-state index in [0.717, 1.165) is 51.4 Å². The topological polar surface area (TPSA) is 360 Å². The van der Waals surface area contributed by atoms with Crippen LogP contribution in [0, 0.1) is 0 Å². The summed E-state index contributed by atoms with van der Waals surface area (Å²) in [5.41, 5.74) is 0. The number of phosphoric acid groups is 4. The van der Waals surface area contributed by atoms with Gasteiger partial charge in [0.1, 0.15) is 43.2 Å². The first kappa shape index (κ1) is 85.7. The number of aliphatic hydroxyl groups is 2. The third kappa shape index (κ3) is 48.1. The molecule has 1 aliphatic rings. The van der Waals surface area contributed by atoms with Gasteiger partial charge in [-0.2, -0.15) is 0 Å². The third-order valence-electron chi connectivity index (χ3n) is 11.4. The van der Waals surface area contributed by atoms with Crippen molar-refractivity contribution < 1.29 is 223 Å². The predicted octanol–water partition coefficient (Wildman–Crippen LogP) is -4.99. The first-order chi connectivity index (χ1) is 34.5. The molecule has 77 heavy (non-hydrogen) atoms. The summed E-state index contributed by atoms with van der Waals surface area (Å²) in [6, 6.07) is 0. The molecular weight excluding hydrogens is 1130 g/mol. The van der Waals surface area contributed by atoms with Crippen molar-refractivity contribution >= 4 is 43.2 Å². The zero-order chi connectivity index (χ0) is 54.6. The van der Waals surface area contributed by atoms with E-state index >= 15 is 0 Å². The van der Waals surface area contributed by atoms with Gasteiger partial charge in [0, 0.05) is 12.8 Å². The maximum Gasteiger partial charge on any atom is 1.00 e. The third-order valence-corrected chi connectivity index (χ3v) is 13.8. The Bertz CT molecular complexity index is 1800. The van der Waals surface area contributed by atoms with Crippen LogP contribution in [-0.2, 0) is 59.9 Å². The molecule has 0 saturated heterocycles. The second kappa shape index (κ2) is 50.4. The number of phosphoric ester groups is 4. The number of allylic oxidation sites excluding steroid dienone is 8. The van der Waals surface area contributed by atoms with Crippen LogP contribution in [0.3, 0.4) is 0 Å². The minimum absolute atomic E-state index is 0. The van der Waals surface area contributed by atoms with Crippen LogP contribution >= 0.6 is 31.3 Å². The number of carbonyl (C=O) groups is 2. The van der Waals surface area contributed by atoms with E-state index in [-0.39, 0.29) is 131 Å². The van der Waals surface area contributed by atoms with E-state index < -0.39 is 99.2 Å². The fraction of sp³-hybridized carbons (Fsp3) is 0.787. The number of carbonyl (C=O) groups excluding carboxylic acids is 2. The van der Waals surface area contributed by atoms with E-state index in [1.807, 2.05) is 24.3 Å². The van der Waals surface area contributed by atoms with E-state index in [1.54, 1.807) is 0 Å². The normalized spacial score (nSPS) is 22.2. The standard InChI is InChI=1S/C47H86O22P4.4Na/c1-3-5-7-9-11-13-15-17-19-20-22-24-26-28-30-32-34-36-41(49)65-39(37-63-40(48)35-33-31-29-27-25-23-21-18-16-14-12-10-8-6-4-2)38-64-73(61,62)69-44-42(50)45(66-70(52,53)54)47(68-72(58,59)60)46(43(44)51)67-71(55,56)57;;;;/h11,13,17,19,22,24,28,30,39,42-47,50-51H,3-10,12,14-16,18,20-21,23,25-27,29,31-38H2,1-2H3,(H,61,62)(H2,52,53,54)(H2,55,56,57)(H2,58,59,60);;;;/q;4*+1/p-4/b13-11-,19-17-,24-22-,30-28-;;;;/t39-,42+,43+,44?,45-,46+,47?;;;;/m1..../s1. The summed E-state index contributed by atoms with van der Waals surface area (Å²) in [6.45, 7) is 2.55.